The fraction of sp³-hybridized carbons (Fsp3) is 0.600. The minimum absolute atomic E-state index is 0.0984. The number of likely N-dealkylation sites (tertiary alicyclic amines) is 1. The SMILES string of the molecule is CC(C)(CS(=O)(=O)c1ccc(Cl)cc1)OC(=O)N1CCC(OC(=O)NCCC[Si](O)O)CC1. The number of carbonyl (C=O) groups is 2. The molecular formula is C20H30ClN2O8SSi. The van der Waals surface area contributed by atoms with Gasteiger partial charge in [0.05, 0.1) is 10.6 Å². The number of nitrogens with one attached hydrogen (secondary N) is 1. The Labute approximate surface area is 200 Å². The van der Waals surface area contributed by atoms with E-state index in [1.807, 2.05) is 0 Å². The van der Waals surface area contributed by atoms with Gasteiger partial charge in [0, 0.05) is 37.5 Å². The Balaban J connectivity index is 1.78. The monoisotopic (exact) mass is 521 g/mol. The number of benzene rings is 1. The third-order valence-corrected chi connectivity index (χ3v) is 8.01. The number of ether oxygens (including phenoxy) is 2. The first-order chi connectivity index (χ1) is 15.4. The molecule has 0 atom stereocenters. The van der Waals surface area contributed by atoms with Crippen LogP contribution in [0, 0.1) is 0 Å². The Kier molecular flexibility index (Phi) is 9.97. The lowest BCUT2D eigenvalue weighted by Crippen LogP contribution is -2.46. The highest BCUT2D eigenvalue weighted by molar-refractivity contribution is 7.91. The molecule has 1 fully saturated rings. The minimum Gasteiger partial charge on any atom is -0.446 e. The Bertz CT molecular complexity index is 903. The molecule has 0 saturated carbocycles. The van der Waals surface area contributed by atoms with Gasteiger partial charge in [-0.05, 0) is 50.6 Å². The summed E-state index contributed by atoms with van der Waals surface area (Å²) in [6.45, 7) is 3.97. The van der Waals surface area contributed by atoms with Crippen LogP contribution in [0.5, 0.6) is 0 Å². The molecule has 1 aromatic rings. The topological polar surface area (TPSA) is 142 Å². The number of sulfone groups is 1. The molecule has 1 aliphatic heterocycles. The van der Waals surface area contributed by atoms with Crippen LogP contribution in [0.1, 0.15) is 33.1 Å². The van der Waals surface area contributed by atoms with Gasteiger partial charge in [-0.3, -0.25) is 0 Å². The number of hydrogen-bond donors (Lipinski definition) is 3. The van der Waals surface area contributed by atoms with E-state index in [1.54, 1.807) is 0 Å². The third-order valence-electron chi connectivity index (χ3n) is 4.89. The average molecular weight is 522 g/mol. The fourth-order valence-electron chi connectivity index (χ4n) is 3.30. The van der Waals surface area contributed by atoms with Crippen LogP contribution in [-0.4, -0.2) is 81.5 Å². The van der Waals surface area contributed by atoms with Gasteiger partial charge >= 0.3 is 21.5 Å². The quantitative estimate of drug-likeness (QED) is 0.331. The molecule has 0 spiro atoms. The van der Waals surface area contributed by atoms with Crippen LogP contribution in [0.3, 0.4) is 0 Å². The van der Waals surface area contributed by atoms with E-state index in [2.05, 4.69) is 5.32 Å². The molecule has 185 valence electrons. The van der Waals surface area contributed by atoms with Crippen molar-refractivity contribution in [3.8, 4) is 0 Å². The van der Waals surface area contributed by atoms with Gasteiger partial charge in [-0.2, -0.15) is 0 Å². The maximum absolute atomic E-state index is 12.7. The van der Waals surface area contributed by atoms with E-state index in [4.69, 9.17) is 30.7 Å². The van der Waals surface area contributed by atoms with Crippen LogP contribution >= 0.6 is 11.6 Å². The number of rotatable bonds is 9. The lowest BCUT2D eigenvalue weighted by Gasteiger charge is -2.34. The van der Waals surface area contributed by atoms with Crippen molar-refractivity contribution in [2.24, 2.45) is 0 Å². The van der Waals surface area contributed by atoms with E-state index in [-0.39, 0.29) is 29.3 Å². The number of alkyl carbamates (subject to hydrolysis) is 1. The normalized spacial score (nSPS) is 15.4. The summed E-state index contributed by atoms with van der Waals surface area (Å²) in [6, 6.07) is 6.05. The summed E-state index contributed by atoms with van der Waals surface area (Å²) in [5.74, 6) is -0.387. The van der Waals surface area contributed by atoms with E-state index in [0.29, 0.717) is 37.4 Å². The summed E-state index contributed by atoms with van der Waals surface area (Å²) in [5, 5.41) is 2.98. The van der Waals surface area contributed by atoms with Crippen LogP contribution in [0.15, 0.2) is 29.2 Å². The highest BCUT2D eigenvalue weighted by Gasteiger charge is 2.34. The molecule has 13 heteroatoms. The highest BCUT2D eigenvalue weighted by Crippen LogP contribution is 2.23. The van der Waals surface area contributed by atoms with E-state index >= 15 is 0 Å². The fourth-order valence-corrected chi connectivity index (χ4v) is 5.61. The van der Waals surface area contributed by atoms with Gasteiger partial charge in [-0.1, -0.05) is 11.6 Å². The number of piperidine rings is 1. The summed E-state index contributed by atoms with van der Waals surface area (Å²) >= 11 is 5.81. The predicted octanol–water partition coefficient (Wildman–Crippen LogP) is 2.08. The van der Waals surface area contributed by atoms with Crippen molar-refractivity contribution in [1.82, 2.24) is 10.2 Å². The molecule has 2 rings (SSSR count). The Morgan fingerprint density at radius 1 is 1.21 bits per heavy atom. The zero-order chi connectivity index (χ0) is 24.6. The van der Waals surface area contributed by atoms with Crippen LogP contribution in [0.25, 0.3) is 0 Å². The zero-order valence-electron chi connectivity index (χ0n) is 18.6. The van der Waals surface area contributed by atoms with E-state index < -0.39 is 36.9 Å². The second kappa shape index (κ2) is 12.0. The molecule has 1 aliphatic rings. The van der Waals surface area contributed by atoms with Crippen molar-refractivity contribution in [1.29, 1.82) is 0 Å². The first-order valence-corrected chi connectivity index (χ1v) is 14.2. The lowest BCUT2D eigenvalue weighted by atomic mass is 10.1. The van der Waals surface area contributed by atoms with Gasteiger partial charge < -0.3 is 29.3 Å². The molecule has 2 amide bonds. The third kappa shape index (κ3) is 9.49. The number of halogens is 1. The molecule has 3 N–H and O–H groups in total. The largest absolute Gasteiger partial charge is 0.446 e. The zero-order valence-corrected chi connectivity index (χ0v) is 21.2. The number of hydrogen-bond acceptors (Lipinski definition) is 8. The molecule has 1 aromatic carbocycles. The van der Waals surface area contributed by atoms with Crippen molar-refractivity contribution in [3.63, 3.8) is 0 Å². The molecule has 0 bridgehead atoms. The maximum atomic E-state index is 12.7. The predicted molar refractivity (Wildman–Crippen MR) is 123 cm³/mol. The molecule has 0 aliphatic carbocycles. The average Bonchev–Trinajstić information content (AvgIpc) is 2.70. The summed E-state index contributed by atoms with van der Waals surface area (Å²) in [6.07, 6.45) is -0.278. The molecule has 1 saturated heterocycles. The summed E-state index contributed by atoms with van der Waals surface area (Å²) < 4.78 is 36.1. The van der Waals surface area contributed by atoms with Gasteiger partial charge in [0.15, 0.2) is 9.84 Å². The number of amides is 2. The van der Waals surface area contributed by atoms with Crippen molar-refractivity contribution in [3.05, 3.63) is 29.3 Å². The lowest BCUT2D eigenvalue weighted by molar-refractivity contribution is 0.00782. The Morgan fingerprint density at radius 2 is 1.82 bits per heavy atom. The first-order valence-electron chi connectivity index (χ1n) is 10.5. The van der Waals surface area contributed by atoms with Crippen molar-refractivity contribution >= 4 is 42.9 Å². The number of nitrogens with zero attached hydrogens (tertiary/aromatic N) is 1. The van der Waals surface area contributed by atoms with Crippen LogP contribution in [0.2, 0.25) is 11.1 Å². The standard InChI is InChI=1S/C20H30ClN2O8SSi/c1-20(2,14-32(26,27)17-6-4-15(21)5-7-17)31-19(25)23-11-8-16(9-12-23)30-18(24)22-10-3-13-33(28)29/h4-7,16,28-29H,3,8-14H2,1-2H3,(H,22,24). The number of carbonyl (C=O) groups excluding carboxylic acids is 2. The van der Waals surface area contributed by atoms with Gasteiger partial charge in [0.2, 0.25) is 0 Å². The molecular weight excluding hydrogens is 492 g/mol. The van der Waals surface area contributed by atoms with E-state index in [1.165, 1.54) is 43.0 Å². The van der Waals surface area contributed by atoms with Crippen molar-refractivity contribution in [2.45, 2.75) is 55.8 Å². The molecule has 0 aromatic heterocycles. The van der Waals surface area contributed by atoms with Crippen LogP contribution in [-0.2, 0) is 19.3 Å². The van der Waals surface area contributed by atoms with E-state index in [0.717, 1.165) is 0 Å². The second-order valence-corrected chi connectivity index (χ2v) is 12.1. The summed E-state index contributed by atoms with van der Waals surface area (Å²) in [4.78, 5) is 43.7. The maximum Gasteiger partial charge on any atom is 0.410 e. The van der Waals surface area contributed by atoms with Gasteiger partial charge in [-0.15, -0.1) is 0 Å². The van der Waals surface area contributed by atoms with Crippen LogP contribution < -0.4 is 5.32 Å². The van der Waals surface area contributed by atoms with E-state index in [9.17, 15) is 18.0 Å². The summed E-state index contributed by atoms with van der Waals surface area (Å²) in [5.41, 5.74) is -1.26. The first kappa shape index (κ1) is 27.4. The smallest absolute Gasteiger partial charge is 0.410 e. The minimum atomic E-state index is -3.69. The van der Waals surface area contributed by atoms with Crippen molar-refractivity contribution in [2.75, 3.05) is 25.4 Å². The summed E-state index contributed by atoms with van der Waals surface area (Å²) in [7, 11) is -5.98. The van der Waals surface area contributed by atoms with Gasteiger partial charge in [-0.25, -0.2) is 18.0 Å². The van der Waals surface area contributed by atoms with Crippen molar-refractivity contribution < 1.29 is 37.1 Å². The molecule has 1 heterocycles. The highest BCUT2D eigenvalue weighted by atomic mass is 35.5. The van der Waals surface area contributed by atoms with Gasteiger partial charge in [0.25, 0.3) is 0 Å². The Morgan fingerprint density at radius 3 is 2.39 bits per heavy atom. The Hall–Kier alpha value is -1.86. The molecule has 1 radical (unpaired) electrons. The second-order valence-electron chi connectivity index (χ2n) is 8.38. The molecule has 10 nitrogen and oxygen atoms in total. The van der Waals surface area contributed by atoms with Crippen LogP contribution in [0.4, 0.5) is 9.59 Å². The van der Waals surface area contributed by atoms with Gasteiger partial charge in [0.1, 0.15) is 11.7 Å². The molecule has 33 heavy (non-hydrogen) atoms. The molecule has 0 unspecified atom stereocenters.